The van der Waals surface area contributed by atoms with E-state index >= 15 is 0 Å². The summed E-state index contributed by atoms with van der Waals surface area (Å²) >= 11 is 0. The van der Waals surface area contributed by atoms with E-state index in [2.05, 4.69) is 53.5 Å². The van der Waals surface area contributed by atoms with Gasteiger partial charge in [0.15, 0.2) is 11.6 Å². The van der Waals surface area contributed by atoms with Gasteiger partial charge in [0.1, 0.15) is 0 Å². The third-order valence-corrected chi connectivity index (χ3v) is 12.0. The van der Waals surface area contributed by atoms with Crippen molar-refractivity contribution in [2.24, 2.45) is 7.05 Å². The maximum absolute atomic E-state index is 13.7. The molecule has 2 N–H and O–H groups in total. The number of piperidine rings is 2. The summed E-state index contributed by atoms with van der Waals surface area (Å²) in [7, 11) is -1.99. The fourth-order valence-electron chi connectivity index (χ4n) is 7.24. The van der Waals surface area contributed by atoms with Crippen LogP contribution in [0.1, 0.15) is 54.7 Å². The zero-order valence-electron chi connectivity index (χ0n) is 28.9. The molecule has 2 aromatic carbocycles. The molecule has 3 amide bonds. The summed E-state index contributed by atoms with van der Waals surface area (Å²) in [6.45, 7) is -0.219. The summed E-state index contributed by atoms with van der Waals surface area (Å²) in [6.07, 6.45) is 5.23. The van der Waals surface area contributed by atoms with Crippen LogP contribution in [-0.4, -0.2) is 94.7 Å². The molecule has 0 unspecified atom stereocenters. The van der Waals surface area contributed by atoms with Gasteiger partial charge in [-0.15, -0.1) is 0 Å². The van der Waals surface area contributed by atoms with Crippen LogP contribution in [0.3, 0.4) is 0 Å². The molecule has 278 valence electrons. The molecular formula is C35H38F2N10O5S. The molecule has 7 rings (SSSR count). The van der Waals surface area contributed by atoms with Gasteiger partial charge >= 0.3 is 12.6 Å². The number of aryl methyl sites for hydroxylation is 1. The Labute approximate surface area is 304 Å². The number of likely N-dealkylation sites (tertiary alicyclic amines) is 1. The highest BCUT2D eigenvalue weighted by molar-refractivity contribution is 7.89. The standard InChI is InChI=1S/C35H38F2N10O5S/c1-44-30-17-23(3-5-29(30)32(43-44)47-15-10-31(48)42-35(47)49)22-6-11-45(12-7-22)21-25-16-28(4-2-24(25)18-38)53(50,51)46-13-8-26(9-14-46)41-34-39-19-27(20-40-34)52-33(36)37/h2-5,16-17,19-20,22,26,33H,6-15,21H2,1H3,(H,39,40,41)(H,42,48,49). The number of nitrogens with one attached hydrogen (secondary N) is 2. The Balaban J connectivity index is 0.961. The van der Waals surface area contributed by atoms with Crippen LogP contribution in [0.25, 0.3) is 10.9 Å². The number of anilines is 2. The van der Waals surface area contributed by atoms with Gasteiger partial charge in [0.2, 0.25) is 21.9 Å². The highest BCUT2D eigenvalue weighted by Gasteiger charge is 2.32. The number of fused-ring (bicyclic) bond motifs is 1. The molecule has 0 aliphatic carbocycles. The van der Waals surface area contributed by atoms with Crippen molar-refractivity contribution in [2.45, 2.75) is 62.1 Å². The third kappa shape index (κ3) is 7.77. The molecule has 0 saturated carbocycles. The van der Waals surface area contributed by atoms with Crippen molar-refractivity contribution in [1.82, 2.24) is 34.3 Å². The van der Waals surface area contributed by atoms with Gasteiger partial charge in [-0.25, -0.2) is 23.2 Å². The minimum absolute atomic E-state index is 0.109. The van der Waals surface area contributed by atoms with E-state index in [-0.39, 0.29) is 60.5 Å². The molecule has 4 aromatic rings. The number of benzene rings is 2. The molecule has 3 fully saturated rings. The second-order valence-corrected chi connectivity index (χ2v) is 15.3. The van der Waals surface area contributed by atoms with Crippen LogP contribution >= 0.6 is 0 Å². The van der Waals surface area contributed by atoms with Crippen molar-refractivity contribution in [1.29, 1.82) is 5.26 Å². The van der Waals surface area contributed by atoms with Crippen LogP contribution in [-0.2, 0) is 28.4 Å². The van der Waals surface area contributed by atoms with E-state index in [1.807, 2.05) is 13.1 Å². The van der Waals surface area contributed by atoms with Gasteiger partial charge < -0.3 is 10.1 Å². The molecule has 0 spiro atoms. The van der Waals surface area contributed by atoms with E-state index in [1.165, 1.54) is 20.8 Å². The van der Waals surface area contributed by atoms with Crippen molar-refractivity contribution >= 4 is 44.6 Å². The molecule has 3 saturated heterocycles. The van der Waals surface area contributed by atoms with Gasteiger partial charge in [-0.05, 0) is 86.1 Å². The number of sulfonamides is 1. The monoisotopic (exact) mass is 748 g/mol. The quantitative estimate of drug-likeness (QED) is 0.240. The molecule has 18 heteroatoms. The summed E-state index contributed by atoms with van der Waals surface area (Å²) in [5.41, 5.74) is 3.15. The number of ether oxygens (including phenoxy) is 1. The number of alkyl halides is 2. The first-order chi connectivity index (χ1) is 25.5. The molecule has 2 aromatic heterocycles. The minimum atomic E-state index is -3.83. The Kier molecular flexibility index (Phi) is 10.2. The first-order valence-corrected chi connectivity index (χ1v) is 18.8. The van der Waals surface area contributed by atoms with Crippen molar-refractivity contribution < 1.29 is 31.5 Å². The smallest absolute Gasteiger partial charge is 0.387 e. The normalized spacial score (nSPS) is 18.4. The van der Waals surface area contributed by atoms with Gasteiger partial charge in [-0.2, -0.15) is 23.4 Å². The first kappa shape index (κ1) is 36.1. The highest BCUT2D eigenvalue weighted by atomic mass is 32.2. The van der Waals surface area contributed by atoms with Crippen LogP contribution in [0.15, 0.2) is 53.7 Å². The lowest BCUT2D eigenvalue weighted by Gasteiger charge is -2.33. The predicted molar refractivity (Wildman–Crippen MR) is 189 cm³/mol. The van der Waals surface area contributed by atoms with Gasteiger partial charge in [0.25, 0.3) is 0 Å². The number of aromatic nitrogens is 4. The van der Waals surface area contributed by atoms with E-state index in [1.54, 1.807) is 16.8 Å². The van der Waals surface area contributed by atoms with Crippen LogP contribution in [0.2, 0.25) is 0 Å². The van der Waals surface area contributed by atoms with Crippen molar-refractivity contribution in [3.05, 3.63) is 65.5 Å². The lowest BCUT2D eigenvalue weighted by atomic mass is 9.88. The molecule has 3 aliphatic rings. The molecule has 3 aliphatic heterocycles. The molecule has 0 bridgehead atoms. The maximum Gasteiger partial charge on any atom is 0.387 e. The lowest BCUT2D eigenvalue weighted by Crippen LogP contribution is -2.49. The van der Waals surface area contributed by atoms with Crippen LogP contribution < -0.4 is 20.3 Å². The number of carbonyl (C=O) groups excluding carboxylic acids is 2. The number of carbonyl (C=O) groups is 2. The molecule has 53 heavy (non-hydrogen) atoms. The van der Waals surface area contributed by atoms with Crippen LogP contribution in [0.4, 0.5) is 25.3 Å². The fraction of sp³-hybridized carbons (Fsp3) is 0.429. The zero-order chi connectivity index (χ0) is 37.3. The van der Waals surface area contributed by atoms with Gasteiger partial charge in [-0.3, -0.25) is 24.6 Å². The summed E-state index contributed by atoms with van der Waals surface area (Å²) in [4.78, 5) is 36.0. The van der Waals surface area contributed by atoms with Gasteiger partial charge in [0, 0.05) is 51.1 Å². The fourth-order valence-corrected chi connectivity index (χ4v) is 8.76. The average molecular weight is 749 g/mol. The minimum Gasteiger partial charge on any atom is -0.432 e. The van der Waals surface area contributed by atoms with Crippen molar-refractivity contribution in [3.8, 4) is 11.8 Å². The molecule has 0 atom stereocenters. The second-order valence-electron chi connectivity index (χ2n) is 13.4. The van der Waals surface area contributed by atoms with Crippen molar-refractivity contribution in [2.75, 3.05) is 42.9 Å². The maximum atomic E-state index is 13.7. The highest BCUT2D eigenvalue weighted by Crippen LogP contribution is 2.34. The van der Waals surface area contributed by atoms with E-state index < -0.39 is 22.7 Å². The van der Waals surface area contributed by atoms with Crippen molar-refractivity contribution in [3.63, 3.8) is 0 Å². The van der Waals surface area contributed by atoms with E-state index in [4.69, 9.17) is 0 Å². The molecular weight excluding hydrogens is 711 g/mol. The number of rotatable bonds is 10. The Hall–Kier alpha value is -5.25. The number of nitrogens with zero attached hydrogens (tertiary/aromatic N) is 8. The van der Waals surface area contributed by atoms with Crippen LogP contribution in [0.5, 0.6) is 5.75 Å². The van der Waals surface area contributed by atoms with Crippen LogP contribution in [0, 0.1) is 11.3 Å². The Morgan fingerprint density at radius 1 is 1.02 bits per heavy atom. The predicted octanol–water partition coefficient (Wildman–Crippen LogP) is 3.93. The van der Waals surface area contributed by atoms with Gasteiger partial charge in [0.05, 0.1) is 34.4 Å². The van der Waals surface area contributed by atoms with E-state index in [9.17, 15) is 32.0 Å². The number of halogens is 2. The molecule has 15 nitrogen and oxygen atoms in total. The zero-order valence-corrected chi connectivity index (χ0v) is 29.7. The number of urea groups is 1. The summed E-state index contributed by atoms with van der Waals surface area (Å²) in [6, 6.07) is 12.5. The van der Waals surface area contributed by atoms with E-state index in [0.29, 0.717) is 36.3 Å². The second kappa shape index (κ2) is 15.0. The summed E-state index contributed by atoms with van der Waals surface area (Å²) in [5.74, 6) is 0.598. The number of nitriles is 1. The molecule has 5 heterocycles. The lowest BCUT2D eigenvalue weighted by molar-refractivity contribution is -0.120. The summed E-state index contributed by atoms with van der Waals surface area (Å²) in [5, 5.41) is 20.8. The largest absolute Gasteiger partial charge is 0.432 e. The topological polar surface area (TPSA) is 179 Å². The number of amides is 3. The van der Waals surface area contributed by atoms with E-state index in [0.717, 1.165) is 49.2 Å². The average Bonchev–Trinajstić information content (AvgIpc) is 3.47. The Morgan fingerprint density at radius 2 is 1.75 bits per heavy atom. The number of hydrogen-bond donors (Lipinski definition) is 2. The molecule has 0 radical (unpaired) electrons. The Morgan fingerprint density at radius 3 is 2.43 bits per heavy atom. The summed E-state index contributed by atoms with van der Waals surface area (Å²) < 4.78 is 59.7. The third-order valence-electron chi connectivity index (χ3n) is 10.1. The number of imide groups is 1. The number of hydrogen-bond acceptors (Lipinski definition) is 11. The SMILES string of the molecule is Cn1nc(N2CCC(=O)NC2=O)c2ccc(C3CCN(Cc4cc(S(=O)(=O)N5CCC(Nc6ncc(OC(F)F)cn6)CC5)ccc4C#N)CC3)cc21. The van der Waals surface area contributed by atoms with Gasteiger partial charge in [-0.1, -0.05) is 6.07 Å². The Bertz CT molecular complexity index is 2160. The first-order valence-electron chi connectivity index (χ1n) is 17.4.